The summed E-state index contributed by atoms with van der Waals surface area (Å²) in [5, 5.41) is 7.40. The summed E-state index contributed by atoms with van der Waals surface area (Å²) in [6.45, 7) is 9.95. The molecule has 0 aliphatic carbocycles. The Morgan fingerprint density at radius 2 is 1.96 bits per heavy atom. The van der Waals surface area contributed by atoms with Crippen LogP contribution in [0.5, 0.6) is 0 Å². The van der Waals surface area contributed by atoms with Crippen molar-refractivity contribution in [2.45, 2.75) is 39.8 Å². The molecule has 5 heteroatoms. The highest BCUT2D eigenvalue weighted by atomic mass is 16.2. The predicted octanol–water partition coefficient (Wildman–Crippen LogP) is 2.61. The van der Waals surface area contributed by atoms with Crippen molar-refractivity contribution in [1.82, 2.24) is 20.0 Å². The molecular weight excluding hydrogens is 288 g/mol. The molecule has 0 unspecified atom stereocenters. The van der Waals surface area contributed by atoms with E-state index in [1.807, 2.05) is 68.2 Å². The second kappa shape index (κ2) is 7.42. The highest BCUT2D eigenvalue weighted by molar-refractivity contribution is 5.78. The van der Waals surface area contributed by atoms with E-state index in [1.165, 1.54) is 0 Å². The molecule has 1 N–H and O–H groups in total. The minimum Gasteiger partial charge on any atom is -0.350 e. The first-order valence-corrected chi connectivity index (χ1v) is 8.00. The number of para-hydroxylation sites is 1. The van der Waals surface area contributed by atoms with Crippen LogP contribution in [0.15, 0.2) is 42.7 Å². The van der Waals surface area contributed by atoms with Gasteiger partial charge in [0.25, 0.3) is 0 Å². The number of carbonyl (C=O) groups excluding carboxylic acids is 1. The Balaban J connectivity index is 1.97. The van der Waals surface area contributed by atoms with Gasteiger partial charge in [0.05, 0.1) is 18.4 Å². The Morgan fingerprint density at radius 3 is 2.57 bits per heavy atom. The Bertz CT molecular complexity index is 628. The van der Waals surface area contributed by atoms with Crippen LogP contribution >= 0.6 is 0 Å². The fraction of sp³-hybridized carbons (Fsp3) is 0.444. The molecule has 2 rings (SSSR count). The fourth-order valence-corrected chi connectivity index (χ4v) is 2.36. The van der Waals surface area contributed by atoms with Gasteiger partial charge in [0.2, 0.25) is 5.91 Å². The molecule has 0 saturated heterocycles. The summed E-state index contributed by atoms with van der Waals surface area (Å²) in [6.07, 6.45) is 3.87. The molecule has 0 fully saturated rings. The zero-order chi connectivity index (χ0) is 16.9. The van der Waals surface area contributed by atoms with Crippen molar-refractivity contribution in [3.05, 3.63) is 48.3 Å². The maximum atomic E-state index is 12.1. The maximum absolute atomic E-state index is 12.1. The molecule has 0 bridgehead atoms. The van der Waals surface area contributed by atoms with Gasteiger partial charge in [0.15, 0.2) is 0 Å². The minimum absolute atomic E-state index is 0.0507. The fourth-order valence-electron chi connectivity index (χ4n) is 2.36. The van der Waals surface area contributed by atoms with Gasteiger partial charge in [-0.1, -0.05) is 25.1 Å². The normalized spacial score (nSPS) is 11.7. The molecule has 1 aromatic carbocycles. The monoisotopic (exact) mass is 314 g/mol. The lowest BCUT2D eigenvalue weighted by atomic mass is 10.1. The van der Waals surface area contributed by atoms with E-state index in [1.54, 1.807) is 0 Å². The molecule has 2 aromatic rings. The number of hydrogen-bond donors (Lipinski definition) is 1. The molecule has 0 radical (unpaired) electrons. The van der Waals surface area contributed by atoms with Gasteiger partial charge in [-0.3, -0.25) is 9.69 Å². The van der Waals surface area contributed by atoms with Gasteiger partial charge in [-0.05, 0) is 39.4 Å². The number of hydrogen-bond acceptors (Lipinski definition) is 3. The molecule has 23 heavy (non-hydrogen) atoms. The van der Waals surface area contributed by atoms with Gasteiger partial charge in [-0.25, -0.2) is 4.68 Å². The van der Waals surface area contributed by atoms with Crippen molar-refractivity contribution in [3.63, 3.8) is 0 Å². The second-order valence-electron chi connectivity index (χ2n) is 6.73. The van der Waals surface area contributed by atoms with Gasteiger partial charge >= 0.3 is 0 Å². The molecule has 5 nitrogen and oxygen atoms in total. The van der Waals surface area contributed by atoms with Crippen molar-refractivity contribution in [2.24, 2.45) is 0 Å². The Morgan fingerprint density at radius 1 is 1.26 bits per heavy atom. The molecule has 0 aliphatic heterocycles. The van der Waals surface area contributed by atoms with E-state index in [9.17, 15) is 4.79 Å². The van der Waals surface area contributed by atoms with Crippen molar-refractivity contribution in [1.29, 1.82) is 0 Å². The highest BCUT2D eigenvalue weighted by Gasteiger charge is 2.16. The quantitative estimate of drug-likeness (QED) is 0.891. The zero-order valence-electron chi connectivity index (χ0n) is 14.4. The van der Waals surface area contributed by atoms with Crippen molar-refractivity contribution in [2.75, 3.05) is 13.1 Å². The number of rotatable bonds is 6. The van der Waals surface area contributed by atoms with Gasteiger partial charge in [0.1, 0.15) is 0 Å². The highest BCUT2D eigenvalue weighted by Crippen LogP contribution is 2.10. The summed E-state index contributed by atoms with van der Waals surface area (Å²) in [6, 6.07) is 10.0. The van der Waals surface area contributed by atoms with E-state index < -0.39 is 0 Å². The average Bonchev–Trinajstić information content (AvgIpc) is 2.94. The van der Waals surface area contributed by atoms with Gasteiger partial charge < -0.3 is 5.32 Å². The first-order valence-electron chi connectivity index (χ1n) is 8.00. The van der Waals surface area contributed by atoms with Crippen LogP contribution in [-0.4, -0.2) is 39.2 Å². The third-order valence-corrected chi connectivity index (χ3v) is 3.39. The van der Waals surface area contributed by atoms with Gasteiger partial charge in [-0.2, -0.15) is 5.10 Å². The minimum atomic E-state index is -0.200. The second-order valence-corrected chi connectivity index (χ2v) is 6.73. The van der Waals surface area contributed by atoms with Crippen LogP contribution in [-0.2, 0) is 11.3 Å². The average molecular weight is 314 g/mol. The third kappa shape index (κ3) is 5.53. The first-order chi connectivity index (χ1) is 10.9. The Labute approximate surface area is 138 Å². The van der Waals surface area contributed by atoms with Gasteiger partial charge in [-0.15, -0.1) is 0 Å². The lowest BCUT2D eigenvalue weighted by Gasteiger charge is -2.24. The molecule has 0 saturated carbocycles. The SMILES string of the molecule is CCN(CC(=O)NC(C)(C)C)Cc1cnn(-c2ccccc2)c1. The number of benzene rings is 1. The van der Waals surface area contributed by atoms with Crippen molar-refractivity contribution >= 4 is 5.91 Å². The first kappa shape index (κ1) is 17.2. The maximum Gasteiger partial charge on any atom is 0.234 e. The summed E-state index contributed by atoms with van der Waals surface area (Å²) >= 11 is 0. The third-order valence-electron chi connectivity index (χ3n) is 3.39. The number of carbonyl (C=O) groups is 1. The van der Waals surface area contributed by atoms with E-state index in [0.717, 1.165) is 17.8 Å². The largest absolute Gasteiger partial charge is 0.350 e. The van der Waals surface area contributed by atoms with Crippen LogP contribution < -0.4 is 5.32 Å². The summed E-state index contributed by atoms with van der Waals surface area (Å²) < 4.78 is 1.86. The summed E-state index contributed by atoms with van der Waals surface area (Å²) in [7, 11) is 0. The van der Waals surface area contributed by atoms with E-state index in [4.69, 9.17) is 0 Å². The molecule has 0 aliphatic rings. The lowest BCUT2D eigenvalue weighted by Crippen LogP contribution is -2.45. The number of likely N-dealkylation sites (N-methyl/N-ethyl adjacent to an activating group) is 1. The molecule has 1 amide bonds. The topological polar surface area (TPSA) is 50.2 Å². The lowest BCUT2D eigenvalue weighted by molar-refractivity contribution is -0.123. The van der Waals surface area contributed by atoms with Crippen LogP contribution in [0.1, 0.15) is 33.3 Å². The number of nitrogens with one attached hydrogen (secondary N) is 1. The van der Waals surface area contributed by atoms with Crippen LogP contribution in [0.3, 0.4) is 0 Å². The summed E-state index contributed by atoms with van der Waals surface area (Å²) in [4.78, 5) is 14.2. The van der Waals surface area contributed by atoms with Crippen LogP contribution in [0.2, 0.25) is 0 Å². The van der Waals surface area contributed by atoms with Crippen LogP contribution in [0, 0.1) is 0 Å². The standard InChI is InChI=1S/C18H26N4O/c1-5-21(14-17(23)20-18(2,3)4)12-15-11-19-22(13-15)16-9-7-6-8-10-16/h6-11,13H,5,12,14H2,1-4H3,(H,20,23). The number of nitrogens with zero attached hydrogens (tertiary/aromatic N) is 3. The number of amides is 1. The molecular formula is C18H26N4O. The van der Waals surface area contributed by atoms with E-state index in [2.05, 4.69) is 22.2 Å². The van der Waals surface area contributed by atoms with Crippen molar-refractivity contribution < 1.29 is 4.79 Å². The Hall–Kier alpha value is -2.14. The molecule has 124 valence electrons. The molecule has 0 atom stereocenters. The van der Waals surface area contributed by atoms with E-state index >= 15 is 0 Å². The van der Waals surface area contributed by atoms with Crippen LogP contribution in [0.25, 0.3) is 5.69 Å². The van der Waals surface area contributed by atoms with E-state index in [0.29, 0.717) is 13.1 Å². The predicted molar refractivity (Wildman–Crippen MR) is 92.4 cm³/mol. The summed E-state index contributed by atoms with van der Waals surface area (Å²) in [5.74, 6) is 0.0507. The number of aromatic nitrogens is 2. The van der Waals surface area contributed by atoms with Gasteiger partial charge in [0, 0.05) is 23.8 Å². The van der Waals surface area contributed by atoms with Crippen LogP contribution in [0.4, 0.5) is 0 Å². The molecule has 1 heterocycles. The van der Waals surface area contributed by atoms with Crippen molar-refractivity contribution in [3.8, 4) is 5.69 Å². The zero-order valence-corrected chi connectivity index (χ0v) is 14.4. The smallest absolute Gasteiger partial charge is 0.234 e. The molecule has 1 aromatic heterocycles. The Kier molecular flexibility index (Phi) is 5.55. The van der Waals surface area contributed by atoms with E-state index in [-0.39, 0.29) is 11.4 Å². The summed E-state index contributed by atoms with van der Waals surface area (Å²) in [5.41, 5.74) is 1.93. The molecule has 0 spiro atoms.